The number of imide groups is 1. The number of hydrogen-bond acceptors (Lipinski definition) is 4. The number of nitrogens with zero attached hydrogens (tertiary/aromatic N) is 2. The third-order valence-electron chi connectivity index (χ3n) is 5.44. The van der Waals surface area contributed by atoms with E-state index in [0.717, 1.165) is 12.8 Å². The van der Waals surface area contributed by atoms with E-state index in [9.17, 15) is 19.2 Å². The van der Waals surface area contributed by atoms with Gasteiger partial charge in [0.15, 0.2) is 0 Å². The van der Waals surface area contributed by atoms with Crippen LogP contribution in [0.15, 0.2) is 0 Å². The highest BCUT2D eigenvalue weighted by molar-refractivity contribution is 6.07. The molecule has 1 saturated carbocycles. The van der Waals surface area contributed by atoms with Gasteiger partial charge in [0.05, 0.1) is 5.92 Å². The van der Waals surface area contributed by atoms with Crippen molar-refractivity contribution in [3.05, 3.63) is 0 Å². The lowest BCUT2D eigenvalue weighted by molar-refractivity contribution is -0.139. The van der Waals surface area contributed by atoms with E-state index in [4.69, 9.17) is 0 Å². The molecule has 0 bridgehead atoms. The first-order chi connectivity index (χ1) is 11.0. The van der Waals surface area contributed by atoms with E-state index in [0.29, 0.717) is 44.9 Å². The lowest BCUT2D eigenvalue weighted by Crippen LogP contribution is -2.56. The Morgan fingerprint density at radius 2 is 1.83 bits per heavy atom. The molecule has 8 heteroatoms. The number of carbonyl (C=O) groups is 4. The third kappa shape index (κ3) is 2.36. The molecule has 0 aromatic heterocycles. The fourth-order valence-electron chi connectivity index (χ4n) is 3.88. The highest BCUT2D eigenvalue weighted by Crippen LogP contribution is 2.34. The average molecular weight is 320 g/mol. The summed E-state index contributed by atoms with van der Waals surface area (Å²) in [6.45, 7) is 1.39. The molecule has 4 fully saturated rings. The van der Waals surface area contributed by atoms with Crippen LogP contribution in [0.4, 0.5) is 4.79 Å². The van der Waals surface area contributed by atoms with Gasteiger partial charge in [-0.25, -0.2) is 4.79 Å². The van der Waals surface area contributed by atoms with Gasteiger partial charge < -0.3 is 15.1 Å². The van der Waals surface area contributed by atoms with Crippen molar-refractivity contribution in [2.24, 2.45) is 5.92 Å². The Morgan fingerprint density at radius 3 is 2.39 bits per heavy atom. The molecule has 4 rings (SSSR count). The summed E-state index contributed by atoms with van der Waals surface area (Å²) in [6, 6.07) is -0.112. The summed E-state index contributed by atoms with van der Waals surface area (Å²) < 4.78 is 0. The number of piperidine rings is 1. The van der Waals surface area contributed by atoms with Crippen molar-refractivity contribution in [2.75, 3.05) is 19.6 Å². The zero-order valence-corrected chi connectivity index (χ0v) is 12.8. The molecule has 2 N–H and O–H groups in total. The molecule has 1 atom stereocenters. The van der Waals surface area contributed by atoms with Crippen LogP contribution in [0.2, 0.25) is 0 Å². The van der Waals surface area contributed by atoms with Crippen LogP contribution in [0.5, 0.6) is 0 Å². The lowest BCUT2D eigenvalue weighted by Gasteiger charge is -2.37. The normalized spacial score (nSPS) is 29.9. The molecule has 1 spiro atoms. The smallest absolute Gasteiger partial charge is 0.322 e. The fourth-order valence-corrected chi connectivity index (χ4v) is 3.88. The lowest BCUT2D eigenvalue weighted by atomic mass is 9.87. The molecule has 8 nitrogen and oxygen atoms in total. The summed E-state index contributed by atoms with van der Waals surface area (Å²) in [5.74, 6) is -0.474. The Labute approximate surface area is 133 Å². The van der Waals surface area contributed by atoms with Gasteiger partial charge in [0, 0.05) is 32.1 Å². The van der Waals surface area contributed by atoms with Crippen molar-refractivity contribution in [1.82, 2.24) is 20.4 Å². The minimum atomic E-state index is -0.862. The van der Waals surface area contributed by atoms with E-state index < -0.39 is 11.6 Å². The van der Waals surface area contributed by atoms with Crippen molar-refractivity contribution < 1.29 is 19.2 Å². The highest BCUT2D eigenvalue weighted by atomic mass is 16.2. The van der Waals surface area contributed by atoms with E-state index in [2.05, 4.69) is 10.6 Å². The van der Waals surface area contributed by atoms with Crippen molar-refractivity contribution in [1.29, 1.82) is 0 Å². The van der Waals surface area contributed by atoms with E-state index in [1.165, 1.54) is 0 Å². The number of amides is 5. The van der Waals surface area contributed by atoms with Crippen LogP contribution in [0.1, 0.15) is 32.1 Å². The standard InChI is InChI=1S/C15H20N4O4/c20-11-7-9(8-19(11)10-1-2-10)12(21)18-5-3-15(4-6-18)13(22)16-14(23)17-15/h9-10H,1-8H2,(H2,16,17,22,23). The van der Waals surface area contributed by atoms with Crippen LogP contribution in [0.3, 0.4) is 0 Å². The number of rotatable bonds is 2. The van der Waals surface area contributed by atoms with Crippen LogP contribution in [-0.2, 0) is 14.4 Å². The van der Waals surface area contributed by atoms with Crippen LogP contribution < -0.4 is 10.6 Å². The molecule has 0 aromatic carbocycles. The van der Waals surface area contributed by atoms with Crippen molar-refractivity contribution >= 4 is 23.8 Å². The zero-order valence-electron chi connectivity index (χ0n) is 12.8. The quantitative estimate of drug-likeness (QED) is 0.651. The summed E-state index contributed by atoms with van der Waals surface area (Å²) in [5, 5.41) is 4.95. The molecule has 4 aliphatic rings. The molecule has 23 heavy (non-hydrogen) atoms. The molecule has 5 amide bonds. The number of carbonyl (C=O) groups excluding carboxylic acids is 4. The van der Waals surface area contributed by atoms with Gasteiger partial charge in [0.2, 0.25) is 11.8 Å². The monoisotopic (exact) mass is 320 g/mol. The summed E-state index contributed by atoms with van der Waals surface area (Å²) in [5.41, 5.74) is -0.862. The van der Waals surface area contributed by atoms with Gasteiger partial charge in [-0.1, -0.05) is 0 Å². The first-order valence-corrected chi connectivity index (χ1v) is 8.20. The predicted molar refractivity (Wildman–Crippen MR) is 78.1 cm³/mol. The minimum Gasteiger partial charge on any atom is -0.342 e. The fraction of sp³-hybridized carbons (Fsp3) is 0.733. The number of nitrogens with one attached hydrogen (secondary N) is 2. The average Bonchev–Trinajstić information content (AvgIpc) is 3.23. The molecule has 1 aliphatic carbocycles. The molecule has 124 valence electrons. The molecular formula is C15H20N4O4. The third-order valence-corrected chi connectivity index (χ3v) is 5.44. The Bertz CT molecular complexity index is 592. The molecule has 3 saturated heterocycles. The maximum atomic E-state index is 12.6. The van der Waals surface area contributed by atoms with Gasteiger partial charge in [-0.05, 0) is 25.7 Å². The second-order valence-corrected chi connectivity index (χ2v) is 6.99. The number of likely N-dealkylation sites (tertiary alicyclic amines) is 2. The van der Waals surface area contributed by atoms with E-state index in [1.54, 1.807) is 4.90 Å². The van der Waals surface area contributed by atoms with Crippen molar-refractivity contribution in [3.63, 3.8) is 0 Å². The van der Waals surface area contributed by atoms with Crippen LogP contribution >= 0.6 is 0 Å². The molecule has 0 radical (unpaired) electrons. The second kappa shape index (κ2) is 4.94. The second-order valence-electron chi connectivity index (χ2n) is 6.99. The van der Waals surface area contributed by atoms with Crippen LogP contribution in [-0.4, -0.2) is 64.8 Å². The Morgan fingerprint density at radius 1 is 1.13 bits per heavy atom. The van der Waals surface area contributed by atoms with Gasteiger partial charge in [-0.3, -0.25) is 19.7 Å². The first kappa shape index (κ1) is 14.5. The summed E-state index contributed by atoms with van der Waals surface area (Å²) in [6.07, 6.45) is 3.24. The van der Waals surface area contributed by atoms with Gasteiger partial charge in [-0.15, -0.1) is 0 Å². The first-order valence-electron chi connectivity index (χ1n) is 8.20. The molecule has 0 aromatic rings. The molecule has 3 heterocycles. The predicted octanol–water partition coefficient (Wildman–Crippen LogP) is -0.802. The maximum Gasteiger partial charge on any atom is 0.322 e. The topological polar surface area (TPSA) is 98.8 Å². The Kier molecular flexibility index (Phi) is 3.11. The molecular weight excluding hydrogens is 300 g/mol. The summed E-state index contributed by atoms with van der Waals surface area (Å²) >= 11 is 0. The molecule has 3 aliphatic heterocycles. The van der Waals surface area contributed by atoms with Gasteiger partial charge in [0.25, 0.3) is 5.91 Å². The highest BCUT2D eigenvalue weighted by Gasteiger charge is 2.49. The zero-order chi connectivity index (χ0) is 16.2. The SMILES string of the molecule is O=C1NC(=O)C2(CCN(C(=O)C3CC(=O)N(C4CC4)C3)CC2)N1. The Hall–Kier alpha value is -2.12. The number of hydrogen-bond donors (Lipinski definition) is 2. The minimum absolute atomic E-state index is 0.00100. The van der Waals surface area contributed by atoms with E-state index >= 15 is 0 Å². The molecule has 1 unspecified atom stereocenters. The van der Waals surface area contributed by atoms with Crippen molar-refractivity contribution in [2.45, 2.75) is 43.7 Å². The summed E-state index contributed by atoms with van der Waals surface area (Å²) in [7, 11) is 0. The summed E-state index contributed by atoms with van der Waals surface area (Å²) in [4.78, 5) is 51.5. The van der Waals surface area contributed by atoms with Gasteiger partial charge >= 0.3 is 6.03 Å². The van der Waals surface area contributed by atoms with Gasteiger partial charge in [0.1, 0.15) is 5.54 Å². The van der Waals surface area contributed by atoms with Crippen LogP contribution in [0, 0.1) is 5.92 Å². The largest absolute Gasteiger partial charge is 0.342 e. The number of urea groups is 1. The van der Waals surface area contributed by atoms with E-state index in [1.807, 2.05) is 4.90 Å². The maximum absolute atomic E-state index is 12.6. The van der Waals surface area contributed by atoms with Crippen LogP contribution in [0.25, 0.3) is 0 Å². The van der Waals surface area contributed by atoms with Gasteiger partial charge in [-0.2, -0.15) is 0 Å². The van der Waals surface area contributed by atoms with Crippen molar-refractivity contribution in [3.8, 4) is 0 Å². The Balaban J connectivity index is 1.37. The van der Waals surface area contributed by atoms with E-state index in [-0.39, 0.29) is 23.6 Å².